The standard InChI is InChI=1S/C11H7N5O/c17-11-8-5-13-10(7-1-3-12-4-2-7)15-9(8)6-14-16-11/h1-6H,(H,16,17). The molecule has 0 saturated carbocycles. The summed E-state index contributed by atoms with van der Waals surface area (Å²) in [4.78, 5) is 23.8. The molecular formula is C11H7N5O. The summed E-state index contributed by atoms with van der Waals surface area (Å²) in [7, 11) is 0. The van der Waals surface area contributed by atoms with Gasteiger partial charge in [0.15, 0.2) is 5.82 Å². The van der Waals surface area contributed by atoms with E-state index in [0.717, 1.165) is 5.56 Å². The van der Waals surface area contributed by atoms with Crippen molar-refractivity contribution in [2.75, 3.05) is 0 Å². The molecular weight excluding hydrogens is 218 g/mol. The molecule has 0 aliphatic heterocycles. The van der Waals surface area contributed by atoms with Crippen LogP contribution in [0, 0.1) is 0 Å². The summed E-state index contributed by atoms with van der Waals surface area (Å²) in [5.41, 5.74) is 1.08. The Morgan fingerprint density at radius 2 is 1.94 bits per heavy atom. The van der Waals surface area contributed by atoms with Crippen LogP contribution in [-0.2, 0) is 0 Å². The summed E-state index contributed by atoms with van der Waals surface area (Å²) in [5, 5.41) is 6.47. The Balaban J connectivity index is 2.25. The number of hydrogen-bond donors (Lipinski definition) is 1. The Kier molecular flexibility index (Phi) is 2.11. The second-order valence-corrected chi connectivity index (χ2v) is 3.43. The van der Waals surface area contributed by atoms with E-state index in [9.17, 15) is 4.79 Å². The van der Waals surface area contributed by atoms with Crippen molar-refractivity contribution < 1.29 is 0 Å². The summed E-state index contributed by atoms with van der Waals surface area (Å²) in [5.74, 6) is 0.548. The fraction of sp³-hybridized carbons (Fsp3) is 0. The first kappa shape index (κ1) is 9.59. The lowest BCUT2D eigenvalue weighted by molar-refractivity contribution is 1.000. The number of nitrogens with zero attached hydrogens (tertiary/aromatic N) is 4. The minimum absolute atomic E-state index is 0.288. The summed E-state index contributed by atoms with van der Waals surface area (Å²) in [6.07, 6.45) is 6.33. The van der Waals surface area contributed by atoms with E-state index in [0.29, 0.717) is 16.7 Å². The van der Waals surface area contributed by atoms with Gasteiger partial charge in [-0.3, -0.25) is 9.78 Å². The highest BCUT2D eigenvalue weighted by molar-refractivity contribution is 5.77. The Hall–Kier alpha value is -2.63. The minimum atomic E-state index is -0.288. The lowest BCUT2D eigenvalue weighted by Crippen LogP contribution is -2.08. The monoisotopic (exact) mass is 225 g/mol. The molecule has 0 aliphatic carbocycles. The molecule has 0 fully saturated rings. The fourth-order valence-electron chi connectivity index (χ4n) is 1.52. The maximum atomic E-state index is 11.4. The lowest BCUT2D eigenvalue weighted by Gasteiger charge is -2.00. The molecule has 0 amide bonds. The van der Waals surface area contributed by atoms with Gasteiger partial charge in [-0.05, 0) is 12.1 Å². The van der Waals surface area contributed by atoms with Gasteiger partial charge in [-0.2, -0.15) is 5.10 Å². The van der Waals surface area contributed by atoms with Gasteiger partial charge in [-0.15, -0.1) is 0 Å². The van der Waals surface area contributed by atoms with E-state index in [1.807, 2.05) is 12.1 Å². The molecule has 6 nitrogen and oxygen atoms in total. The SMILES string of the molecule is O=c1[nH]ncc2nc(-c3ccncc3)ncc12. The topological polar surface area (TPSA) is 84.4 Å². The molecule has 0 atom stereocenters. The number of nitrogens with one attached hydrogen (secondary N) is 1. The van der Waals surface area contributed by atoms with Crippen LogP contribution < -0.4 is 5.56 Å². The molecule has 3 rings (SSSR count). The van der Waals surface area contributed by atoms with Crippen LogP contribution in [0.1, 0.15) is 0 Å². The molecule has 0 saturated heterocycles. The van der Waals surface area contributed by atoms with Gasteiger partial charge in [-0.25, -0.2) is 15.1 Å². The van der Waals surface area contributed by atoms with E-state index in [1.54, 1.807) is 12.4 Å². The van der Waals surface area contributed by atoms with E-state index >= 15 is 0 Å². The molecule has 0 unspecified atom stereocenters. The molecule has 0 bridgehead atoms. The second kappa shape index (κ2) is 3.75. The van der Waals surface area contributed by atoms with E-state index in [2.05, 4.69) is 25.1 Å². The summed E-state index contributed by atoms with van der Waals surface area (Å²) in [6, 6.07) is 3.61. The molecule has 0 aliphatic rings. The van der Waals surface area contributed by atoms with Crippen molar-refractivity contribution in [2.45, 2.75) is 0 Å². The van der Waals surface area contributed by atoms with Gasteiger partial charge in [0, 0.05) is 24.2 Å². The van der Waals surface area contributed by atoms with Crippen LogP contribution in [0.5, 0.6) is 0 Å². The van der Waals surface area contributed by atoms with Crippen LogP contribution in [0.2, 0.25) is 0 Å². The average Bonchev–Trinajstić information content (AvgIpc) is 2.40. The Morgan fingerprint density at radius 1 is 1.12 bits per heavy atom. The van der Waals surface area contributed by atoms with E-state index in [1.165, 1.54) is 12.4 Å². The van der Waals surface area contributed by atoms with Crippen LogP contribution in [0.25, 0.3) is 22.3 Å². The van der Waals surface area contributed by atoms with Crippen molar-refractivity contribution in [2.24, 2.45) is 0 Å². The number of pyridine rings is 1. The van der Waals surface area contributed by atoms with E-state index in [-0.39, 0.29) is 5.56 Å². The highest BCUT2D eigenvalue weighted by Gasteiger charge is 2.04. The number of aromatic nitrogens is 5. The fourth-order valence-corrected chi connectivity index (χ4v) is 1.52. The Morgan fingerprint density at radius 3 is 2.76 bits per heavy atom. The smallest absolute Gasteiger partial charge is 0.267 e. The first-order valence-electron chi connectivity index (χ1n) is 4.95. The summed E-state index contributed by atoms with van der Waals surface area (Å²) >= 11 is 0. The quantitative estimate of drug-likeness (QED) is 0.661. The molecule has 82 valence electrons. The van der Waals surface area contributed by atoms with Crippen LogP contribution in [0.15, 0.2) is 41.7 Å². The average molecular weight is 225 g/mol. The van der Waals surface area contributed by atoms with Crippen LogP contribution in [0.3, 0.4) is 0 Å². The molecule has 3 heterocycles. The number of aromatic amines is 1. The molecule has 0 spiro atoms. The van der Waals surface area contributed by atoms with Crippen molar-refractivity contribution in [3.05, 3.63) is 47.3 Å². The number of rotatable bonds is 1. The Labute approximate surface area is 95.4 Å². The summed E-state index contributed by atoms with van der Waals surface area (Å²) < 4.78 is 0. The molecule has 3 aromatic rings. The van der Waals surface area contributed by atoms with Crippen molar-refractivity contribution in [3.8, 4) is 11.4 Å². The van der Waals surface area contributed by atoms with Gasteiger partial charge in [0.05, 0.1) is 17.1 Å². The first-order chi connectivity index (χ1) is 8.34. The maximum Gasteiger partial charge on any atom is 0.275 e. The number of fused-ring (bicyclic) bond motifs is 1. The normalized spacial score (nSPS) is 10.6. The molecule has 0 aromatic carbocycles. The van der Waals surface area contributed by atoms with Gasteiger partial charge in [-0.1, -0.05) is 0 Å². The number of hydrogen-bond acceptors (Lipinski definition) is 5. The third kappa shape index (κ3) is 1.65. The van der Waals surface area contributed by atoms with E-state index in [4.69, 9.17) is 0 Å². The maximum absolute atomic E-state index is 11.4. The van der Waals surface area contributed by atoms with Crippen LogP contribution >= 0.6 is 0 Å². The first-order valence-corrected chi connectivity index (χ1v) is 4.95. The highest BCUT2D eigenvalue weighted by Crippen LogP contribution is 2.14. The van der Waals surface area contributed by atoms with Gasteiger partial charge in [0.1, 0.15) is 0 Å². The zero-order valence-electron chi connectivity index (χ0n) is 8.66. The third-order valence-electron chi connectivity index (χ3n) is 2.35. The zero-order chi connectivity index (χ0) is 11.7. The van der Waals surface area contributed by atoms with Gasteiger partial charge in [0.2, 0.25) is 0 Å². The predicted molar refractivity (Wildman–Crippen MR) is 61.2 cm³/mol. The van der Waals surface area contributed by atoms with Crippen LogP contribution in [-0.4, -0.2) is 25.1 Å². The molecule has 1 N–H and O–H groups in total. The molecule has 3 aromatic heterocycles. The van der Waals surface area contributed by atoms with Crippen molar-refractivity contribution >= 4 is 10.9 Å². The van der Waals surface area contributed by atoms with Crippen molar-refractivity contribution in [1.82, 2.24) is 25.1 Å². The lowest BCUT2D eigenvalue weighted by atomic mass is 10.2. The van der Waals surface area contributed by atoms with Crippen LogP contribution in [0.4, 0.5) is 0 Å². The van der Waals surface area contributed by atoms with Gasteiger partial charge >= 0.3 is 0 Å². The minimum Gasteiger partial charge on any atom is -0.267 e. The van der Waals surface area contributed by atoms with Gasteiger partial charge in [0.25, 0.3) is 5.56 Å². The number of H-pyrrole nitrogens is 1. The third-order valence-corrected chi connectivity index (χ3v) is 2.35. The highest BCUT2D eigenvalue weighted by atomic mass is 16.1. The van der Waals surface area contributed by atoms with Crippen molar-refractivity contribution in [1.29, 1.82) is 0 Å². The van der Waals surface area contributed by atoms with E-state index < -0.39 is 0 Å². The van der Waals surface area contributed by atoms with Gasteiger partial charge < -0.3 is 0 Å². The molecule has 17 heavy (non-hydrogen) atoms. The predicted octanol–water partition coefficient (Wildman–Crippen LogP) is 0.775. The molecule has 6 heteroatoms. The van der Waals surface area contributed by atoms with Crippen molar-refractivity contribution in [3.63, 3.8) is 0 Å². The Bertz CT molecular complexity index is 723. The summed E-state index contributed by atoms with van der Waals surface area (Å²) in [6.45, 7) is 0. The molecule has 0 radical (unpaired) electrons. The second-order valence-electron chi connectivity index (χ2n) is 3.43. The zero-order valence-corrected chi connectivity index (χ0v) is 8.66. The largest absolute Gasteiger partial charge is 0.275 e.